The number of hydrogen-bond donors (Lipinski definition) is 0. The molecule has 0 saturated carbocycles. The molecular formula is C15H17O. The molecule has 0 spiro atoms. The predicted octanol–water partition coefficient (Wildman–Crippen LogP) is 4.50. The smallest absolute Gasteiger partial charge is 0.119 e. The minimum atomic E-state index is -0.578. The van der Waals surface area contributed by atoms with Gasteiger partial charge in [0.05, 0.1) is 0 Å². The van der Waals surface area contributed by atoms with E-state index in [9.17, 15) is 5.11 Å². The van der Waals surface area contributed by atoms with Gasteiger partial charge in [-0.3, -0.25) is 0 Å². The van der Waals surface area contributed by atoms with Crippen molar-refractivity contribution in [1.82, 2.24) is 0 Å². The first kappa shape index (κ1) is 11.2. The van der Waals surface area contributed by atoms with Crippen molar-refractivity contribution in [2.45, 2.75) is 32.3 Å². The van der Waals surface area contributed by atoms with Crippen LogP contribution in [0.2, 0.25) is 0 Å². The molecule has 0 N–H and O–H groups in total. The minimum absolute atomic E-state index is 0.578. The molecule has 0 amide bonds. The van der Waals surface area contributed by atoms with Crippen LogP contribution in [0.4, 0.5) is 0 Å². The highest BCUT2D eigenvalue weighted by Gasteiger charge is 2.11. The van der Waals surface area contributed by atoms with E-state index in [4.69, 9.17) is 0 Å². The third-order valence-electron chi connectivity index (χ3n) is 2.99. The maximum atomic E-state index is 12.1. The monoisotopic (exact) mass is 213 g/mol. The average Bonchev–Trinajstić information content (AvgIpc) is 2.35. The number of unbranched alkanes of at least 4 members (excludes halogenated alkanes) is 1. The molecule has 1 nitrogen and oxygen atoms in total. The lowest BCUT2D eigenvalue weighted by atomic mass is 9.97. The van der Waals surface area contributed by atoms with Gasteiger partial charge in [-0.25, -0.2) is 5.11 Å². The van der Waals surface area contributed by atoms with Crippen molar-refractivity contribution in [3.05, 3.63) is 48.0 Å². The van der Waals surface area contributed by atoms with E-state index in [1.807, 2.05) is 30.3 Å². The van der Waals surface area contributed by atoms with E-state index in [-0.39, 0.29) is 0 Å². The Morgan fingerprint density at radius 2 is 1.81 bits per heavy atom. The van der Waals surface area contributed by atoms with Crippen LogP contribution in [0, 0.1) is 0 Å². The standard InChI is InChI=1S/C15H17O/c1-2-3-11-15(16)14-10-6-8-12-7-4-5-9-13(12)14/h4-10,15H,2-3,11H2,1H3. The molecule has 2 aromatic rings. The van der Waals surface area contributed by atoms with Crippen LogP contribution in [0.3, 0.4) is 0 Å². The Kier molecular flexibility index (Phi) is 3.58. The summed E-state index contributed by atoms with van der Waals surface area (Å²) < 4.78 is 0. The van der Waals surface area contributed by atoms with Gasteiger partial charge < -0.3 is 0 Å². The lowest BCUT2D eigenvalue weighted by Crippen LogP contribution is -1.96. The van der Waals surface area contributed by atoms with Crippen LogP contribution >= 0.6 is 0 Å². The largest absolute Gasteiger partial charge is 0.228 e. The Labute approximate surface area is 96.7 Å². The van der Waals surface area contributed by atoms with Crippen LogP contribution < -0.4 is 0 Å². The fourth-order valence-electron chi connectivity index (χ4n) is 2.08. The van der Waals surface area contributed by atoms with Gasteiger partial charge >= 0.3 is 0 Å². The van der Waals surface area contributed by atoms with E-state index in [0.717, 1.165) is 35.6 Å². The second-order valence-electron chi connectivity index (χ2n) is 4.20. The van der Waals surface area contributed by atoms with E-state index < -0.39 is 6.10 Å². The Morgan fingerprint density at radius 1 is 1.06 bits per heavy atom. The highest BCUT2D eigenvalue weighted by molar-refractivity contribution is 5.85. The van der Waals surface area contributed by atoms with E-state index in [0.29, 0.717) is 0 Å². The molecule has 1 heteroatoms. The summed E-state index contributed by atoms with van der Waals surface area (Å²) in [5.74, 6) is 0. The number of hydrogen-bond acceptors (Lipinski definition) is 0. The maximum Gasteiger partial charge on any atom is 0.119 e. The van der Waals surface area contributed by atoms with Crippen molar-refractivity contribution in [2.24, 2.45) is 0 Å². The fourth-order valence-corrected chi connectivity index (χ4v) is 2.08. The summed E-state index contributed by atoms with van der Waals surface area (Å²) in [5, 5.41) is 14.4. The van der Waals surface area contributed by atoms with E-state index in [1.54, 1.807) is 0 Å². The first-order chi connectivity index (χ1) is 7.83. The summed E-state index contributed by atoms with van der Waals surface area (Å²) in [6.45, 7) is 2.12. The van der Waals surface area contributed by atoms with Gasteiger partial charge in [-0.1, -0.05) is 62.2 Å². The molecule has 2 aromatic carbocycles. The molecule has 0 fully saturated rings. The topological polar surface area (TPSA) is 19.9 Å². The molecule has 16 heavy (non-hydrogen) atoms. The molecule has 0 aliphatic carbocycles. The Hall–Kier alpha value is -1.34. The van der Waals surface area contributed by atoms with Gasteiger partial charge in [0.2, 0.25) is 0 Å². The van der Waals surface area contributed by atoms with Crippen LogP contribution in [-0.4, -0.2) is 0 Å². The van der Waals surface area contributed by atoms with Crippen LogP contribution in [0.5, 0.6) is 0 Å². The lowest BCUT2D eigenvalue weighted by Gasteiger charge is -2.11. The summed E-state index contributed by atoms with van der Waals surface area (Å²) in [7, 11) is 0. The molecule has 0 aliphatic rings. The van der Waals surface area contributed by atoms with Crippen molar-refractivity contribution in [3.8, 4) is 0 Å². The van der Waals surface area contributed by atoms with E-state index in [1.165, 1.54) is 0 Å². The summed E-state index contributed by atoms with van der Waals surface area (Å²) in [5.41, 5.74) is 0.951. The van der Waals surface area contributed by atoms with Crippen LogP contribution in [0.15, 0.2) is 42.5 Å². The molecule has 1 atom stereocenters. The van der Waals surface area contributed by atoms with Gasteiger partial charge in [-0.05, 0) is 22.8 Å². The van der Waals surface area contributed by atoms with Crippen LogP contribution in [0.25, 0.3) is 10.8 Å². The second-order valence-corrected chi connectivity index (χ2v) is 4.20. The third-order valence-corrected chi connectivity index (χ3v) is 2.99. The fraction of sp³-hybridized carbons (Fsp3) is 0.333. The van der Waals surface area contributed by atoms with Crippen LogP contribution in [-0.2, 0) is 5.11 Å². The van der Waals surface area contributed by atoms with Crippen molar-refractivity contribution in [3.63, 3.8) is 0 Å². The number of benzene rings is 2. The zero-order chi connectivity index (χ0) is 11.4. The van der Waals surface area contributed by atoms with Crippen LogP contribution in [0.1, 0.15) is 37.9 Å². The Morgan fingerprint density at radius 3 is 2.62 bits per heavy atom. The summed E-state index contributed by atoms with van der Waals surface area (Å²) in [6, 6.07) is 14.1. The summed E-state index contributed by atoms with van der Waals surface area (Å²) >= 11 is 0. The lowest BCUT2D eigenvalue weighted by molar-refractivity contribution is 0.0803. The SMILES string of the molecule is CCCCC([O])c1cccc2ccccc12. The van der Waals surface area contributed by atoms with Crippen molar-refractivity contribution >= 4 is 10.8 Å². The van der Waals surface area contributed by atoms with Gasteiger partial charge in [0.15, 0.2) is 0 Å². The Balaban J connectivity index is 2.36. The first-order valence-electron chi connectivity index (χ1n) is 5.96. The minimum Gasteiger partial charge on any atom is -0.228 e. The third kappa shape index (κ3) is 2.25. The molecule has 0 heterocycles. The molecule has 1 radical (unpaired) electrons. The van der Waals surface area contributed by atoms with Crippen molar-refractivity contribution in [2.75, 3.05) is 0 Å². The van der Waals surface area contributed by atoms with Gasteiger partial charge in [-0.15, -0.1) is 0 Å². The number of fused-ring (bicyclic) bond motifs is 1. The molecular weight excluding hydrogens is 196 g/mol. The molecule has 0 bridgehead atoms. The normalized spacial score (nSPS) is 12.9. The molecule has 83 valence electrons. The predicted molar refractivity (Wildman–Crippen MR) is 66.9 cm³/mol. The summed E-state index contributed by atoms with van der Waals surface area (Å²) in [4.78, 5) is 0. The number of rotatable bonds is 4. The maximum absolute atomic E-state index is 12.1. The van der Waals surface area contributed by atoms with E-state index >= 15 is 0 Å². The average molecular weight is 213 g/mol. The molecule has 1 unspecified atom stereocenters. The highest BCUT2D eigenvalue weighted by atomic mass is 16.3. The molecule has 2 rings (SSSR count). The van der Waals surface area contributed by atoms with E-state index in [2.05, 4.69) is 19.1 Å². The first-order valence-corrected chi connectivity index (χ1v) is 5.96. The Bertz CT molecular complexity index is 456. The van der Waals surface area contributed by atoms with Gasteiger partial charge in [0.25, 0.3) is 0 Å². The zero-order valence-electron chi connectivity index (χ0n) is 9.65. The zero-order valence-corrected chi connectivity index (χ0v) is 9.65. The van der Waals surface area contributed by atoms with Gasteiger partial charge in [0.1, 0.15) is 6.10 Å². The quantitative estimate of drug-likeness (QED) is 0.712. The molecule has 0 saturated heterocycles. The van der Waals surface area contributed by atoms with Gasteiger partial charge in [-0.2, -0.15) is 0 Å². The second kappa shape index (κ2) is 5.13. The van der Waals surface area contributed by atoms with Crippen molar-refractivity contribution < 1.29 is 5.11 Å². The molecule has 0 aliphatic heterocycles. The highest BCUT2D eigenvalue weighted by Crippen LogP contribution is 2.27. The van der Waals surface area contributed by atoms with Crippen molar-refractivity contribution in [1.29, 1.82) is 0 Å². The molecule has 0 aromatic heterocycles. The summed E-state index contributed by atoms with van der Waals surface area (Å²) in [6.07, 6.45) is 2.26. The van der Waals surface area contributed by atoms with Gasteiger partial charge in [0, 0.05) is 0 Å².